The Balaban J connectivity index is 1.37. The molecule has 0 unspecified atom stereocenters. The van der Waals surface area contributed by atoms with E-state index in [4.69, 9.17) is 0 Å². The Hall–Kier alpha value is -4.06. The predicted octanol–water partition coefficient (Wildman–Crippen LogP) is 4.39. The zero-order valence-electron chi connectivity index (χ0n) is 18.0. The van der Waals surface area contributed by atoms with E-state index >= 15 is 0 Å². The molecule has 0 aliphatic carbocycles. The van der Waals surface area contributed by atoms with Crippen LogP contribution in [-0.2, 0) is 11.3 Å². The molecule has 0 saturated heterocycles. The molecule has 1 N–H and O–H groups in total. The Morgan fingerprint density at radius 3 is 2.09 bits per heavy atom. The Labute approximate surface area is 191 Å². The highest BCUT2D eigenvalue weighted by molar-refractivity contribution is 5.77. The molecule has 0 atom stereocenters. The van der Waals surface area contributed by atoms with E-state index < -0.39 is 0 Å². The summed E-state index contributed by atoms with van der Waals surface area (Å²) in [6.07, 6.45) is 1.76. The molecule has 6 heteroatoms. The molecule has 1 heterocycles. The van der Waals surface area contributed by atoms with Crippen LogP contribution in [0.15, 0.2) is 102 Å². The maximum Gasteiger partial charge on any atom is 0.253 e. The molecule has 5 nitrogen and oxygen atoms in total. The third-order valence-corrected chi connectivity index (χ3v) is 5.49. The molecule has 3 aromatic carbocycles. The van der Waals surface area contributed by atoms with Gasteiger partial charge in [0.05, 0.1) is 12.0 Å². The third kappa shape index (κ3) is 5.80. The lowest BCUT2D eigenvalue weighted by atomic mass is 9.88. The van der Waals surface area contributed by atoms with Gasteiger partial charge in [-0.05, 0) is 35.4 Å². The number of rotatable bonds is 8. The summed E-state index contributed by atoms with van der Waals surface area (Å²) in [4.78, 5) is 29.4. The van der Waals surface area contributed by atoms with Crippen LogP contribution in [0.25, 0.3) is 11.3 Å². The van der Waals surface area contributed by atoms with Gasteiger partial charge in [0.2, 0.25) is 5.91 Å². The van der Waals surface area contributed by atoms with E-state index in [-0.39, 0.29) is 23.2 Å². The maximum absolute atomic E-state index is 13.1. The van der Waals surface area contributed by atoms with Crippen molar-refractivity contribution in [3.05, 3.63) is 125 Å². The van der Waals surface area contributed by atoms with Crippen LogP contribution in [0.1, 0.15) is 23.5 Å². The Bertz CT molecular complexity index is 1220. The molecule has 4 rings (SSSR count). The fourth-order valence-corrected chi connectivity index (χ4v) is 3.74. The van der Waals surface area contributed by atoms with E-state index in [1.807, 2.05) is 60.7 Å². The largest absolute Gasteiger partial charge is 0.354 e. The van der Waals surface area contributed by atoms with Crippen LogP contribution in [0.4, 0.5) is 4.39 Å². The molecule has 0 radical (unpaired) electrons. The van der Waals surface area contributed by atoms with Gasteiger partial charge in [0.1, 0.15) is 5.82 Å². The normalized spacial score (nSPS) is 10.8. The summed E-state index contributed by atoms with van der Waals surface area (Å²) in [7, 11) is 0. The summed E-state index contributed by atoms with van der Waals surface area (Å²) in [5.41, 5.74) is 3.08. The standard InChI is InChI=1S/C27H24FN3O2/c28-23-13-11-22(12-14-23)25-18-27(33)31(19-30-25)16-15-29-26(32)17-24(20-7-3-1-4-8-20)21-9-5-2-6-10-21/h1-14,18-19,24H,15-17H2,(H,29,32). The highest BCUT2D eigenvalue weighted by Crippen LogP contribution is 2.27. The number of carbonyl (C=O) groups is 1. The van der Waals surface area contributed by atoms with E-state index in [0.29, 0.717) is 30.8 Å². The second kappa shape index (κ2) is 10.5. The Morgan fingerprint density at radius 1 is 0.909 bits per heavy atom. The number of hydrogen-bond acceptors (Lipinski definition) is 3. The van der Waals surface area contributed by atoms with Gasteiger partial charge >= 0.3 is 0 Å². The van der Waals surface area contributed by atoms with Gasteiger partial charge in [-0.2, -0.15) is 0 Å². The van der Waals surface area contributed by atoms with Gasteiger partial charge in [0.25, 0.3) is 5.56 Å². The number of carbonyl (C=O) groups excluding carboxylic acids is 1. The molecule has 0 fully saturated rings. The predicted molar refractivity (Wildman–Crippen MR) is 126 cm³/mol. The highest BCUT2D eigenvalue weighted by Gasteiger charge is 2.17. The van der Waals surface area contributed by atoms with Gasteiger partial charge in [-0.25, -0.2) is 9.37 Å². The Morgan fingerprint density at radius 2 is 1.52 bits per heavy atom. The van der Waals surface area contributed by atoms with Crippen molar-refractivity contribution in [2.45, 2.75) is 18.9 Å². The molecule has 33 heavy (non-hydrogen) atoms. The van der Waals surface area contributed by atoms with Crippen LogP contribution in [-0.4, -0.2) is 22.0 Å². The molecule has 0 saturated carbocycles. The van der Waals surface area contributed by atoms with Crippen molar-refractivity contribution in [3.63, 3.8) is 0 Å². The SMILES string of the molecule is O=C(CC(c1ccccc1)c1ccccc1)NCCn1cnc(-c2ccc(F)cc2)cc1=O. The van der Waals surface area contributed by atoms with E-state index in [2.05, 4.69) is 10.3 Å². The molecular formula is C27H24FN3O2. The number of aromatic nitrogens is 2. The molecule has 0 spiro atoms. The monoisotopic (exact) mass is 441 g/mol. The van der Waals surface area contributed by atoms with Gasteiger partial charge in [-0.3, -0.25) is 14.2 Å². The van der Waals surface area contributed by atoms with Crippen LogP contribution >= 0.6 is 0 Å². The molecule has 4 aromatic rings. The molecule has 0 bridgehead atoms. The van der Waals surface area contributed by atoms with Gasteiger partial charge < -0.3 is 5.32 Å². The molecule has 0 aliphatic rings. The van der Waals surface area contributed by atoms with Crippen molar-refractivity contribution in [1.82, 2.24) is 14.9 Å². The summed E-state index contributed by atoms with van der Waals surface area (Å²) in [6.45, 7) is 0.620. The average molecular weight is 442 g/mol. The van der Waals surface area contributed by atoms with Crippen LogP contribution in [0.5, 0.6) is 0 Å². The number of amides is 1. The van der Waals surface area contributed by atoms with Crippen molar-refractivity contribution >= 4 is 5.91 Å². The van der Waals surface area contributed by atoms with Gasteiger partial charge in [-0.1, -0.05) is 60.7 Å². The van der Waals surface area contributed by atoms with Crippen LogP contribution in [0.3, 0.4) is 0 Å². The van der Waals surface area contributed by atoms with Gasteiger partial charge in [0, 0.05) is 37.1 Å². The van der Waals surface area contributed by atoms with Crippen LogP contribution in [0, 0.1) is 5.82 Å². The topological polar surface area (TPSA) is 64.0 Å². The van der Waals surface area contributed by atoms with Crippen molar-refractivity contribution < 1.29 is 9.18 Å². The number of nitrogens with zero attached hydrogens (tertiary/aromatic N) is 2. The fourth-order valence-electron chi connectivity index (χ4n) is 3.74. The minimum atomic E-state index is -0.343. The molecular weight excluding hydrogens is 417 g/mol. The van der Waals surface area contributed by atoms with Crippen LogP contribution < -0.4 is 10.9 Å². The maximum atomic E-state index is 13.1. The molecule has 1 amide bonds. The van der Waals surface area contributed by atoms with E-state index in [1.165, 1.54) is 29.1 Å². The first-order chi connectivity index (χ1) is 16.1. The van der Waals surface area contributed by atoms with E-state index in [0.717, 1.165) is 11.1 Å². The fraction of sp³-hybridized carbons (Fsp3) is 0.148. The second-order valence-electron chi connectivity index (χ2n) is 7.74. The third-order valence-electron chi connectivity index (χ3n) is 5.49. The lowest BCUT2D eigenvalue weighted by molar-refractivity contribution is -0.121. The first-order valence-electron chi connectivity index (χ1n) is 10.8. The summed E-state index contributed by atoms with van der Waals surface area (Å²) in [6, 6.07) is 27.1. The minimum Gasteiger partial charge on any atom is -0.354 e. The van der Waals surface area contributed by atoms with E-state index in [1.54, 1.807) is 12.1 Å². The van der Waals surface area contributed by atoms with Crippen molar-refractivity contribution in [3.8, 4) is 11.3 Å². The number of halogens is 1. The van der Waals surface area contributed by atoms with Crippen molar-refractivity contribution in [2.24, 2.45) is 0 Å². The molecule has 166 valence electrons. The van der Waals surface area contributed by atoms with Crippen molar-refractivity contribution in [2.75, 3.05) is 6.54 Å². The summed E-state index contributed by atoms with van der Waals surface area (Å²) in [5.74, 6) is -0.479. The molecule has 0 aliphatic heterocycles. The molecule has 1 aromatic heterocycles. The van der Waals surface area contributed by atoms with E-state index in [9.17, 15) is 14.0 Å². The highest BCUT2D eigenvalue weighted by atomic mass is 19.1. The van der Waals surface area contributed by atoms with Crippen molar-refractivity contribution in [1.29, 1.82) is 0 Å². The number of hydrogen-bond donors (Lipinski definition) is 1. The number of nitrogens with one attached hydrogen (secondary N) is 1. The van der Waals surface area contributed by atoms with Crippen LogP contribution in [0.2, 0.25) is 0 Å². The van der Waals surface area contributed by atoms with Gasteiger partial charge in [-0.15, -0.1) is 0 Å². The Kier molecular flexibility index (Phi) is 7.05. The summed E-state index contributed by atoms with van der Waals surface area (Å²) < 4.78 is 14.5. The summed E-state index contributed by atoms with van der Waals surface area (Å²) >= 11 is 0. The lowest BCUT2D eigenvalue weighted by Gasteiger charge is -2.18. The first kappa shape index (κ1) is 22.1. The second-order valence-corrected chi connectivity index (χ2v) is 7.74. The average Bonchev–Trinajstić information content (AvgIpc) is 2.85. The first-order valence-corrected chi connectivity index (χ1v) is 10.8. The minimum absolute atomic E-state index is 0.0493. The smallest absolute Gasteiger partial charge is 0.253 e. The zero-order chi connectivity index (χ0) is 23.0. The quantitative estimate of drug-likeness (QED) is 0.441. The van der Waals surface area contributed by atoms with Gasteiger partial charge in [0.15, 0.2) is 0 Å². The zero-order valence-corrected chi connectivity index (χ0v) is 18.0. The number of benzene rings is 3. The lowest BCUT2D eigenvalue weighted by Crippen LogP contribution is -2.31. The summed E-state index contributed by atoms with van der Waals surface area (Å²) in [5, 5.41) is 2.91.